The van der Waals surface area contributed by atoms with Crippen LogP contribution < -0.4 is 9.46 Å². The normalized spacial score (nSPS) is 22.9. The molecular weight excluding hydrogens is 304 g/mol. The van der Waals surface area contributed by atoms with Crippen LogP contribution in [0.1, 0.15) is 44.2 Å². The van der Waals surface area contributed by atoms with Crippen LogP contribution in [0.5, 0.6) is 5.88 Å². The number of nitrogens with zero attached hydrogens (tertiary/aromatic N) is 1. The monoisotopic (exact) mass is 328 g/mol. The van der Waals surface area contributed by atoms with Crippen molar-refractivity contribution in [2.75, 3.05) is 12.9 Å². The maximum Gasteiger partial charge on any atom is 0.212 e. The Morgan fingerprint density at radius 1 is 1.45 bits per heavy atom. The van der Waals surface area contributed by atoms with E-state index in [-0.39, 0.29) is 23.8 Å². The van der Waals surface area contributed by atoms with E-state index in [1.165, 1.54) is 7.11 Å². The topological polar surface area (TPSA) is 88.5 Å². The van der Waals surface area contributed by atoms with Crippen molar-refractivity contribution in [2.45, 2.75) is 44.8 Å². The third kappa shape index (κ3) is 4.41. The van der Waals surface area contributed by atoms with Gasteiger partial charge in [-0.3, -0.25) is 0 Å². The second-order valence-electron chi connectivity index (χ2n) is 5.79. The van der Waals surface area contributed by atoms with Crippen LogP contribution in [0.4, 0.5) is 0 Å². The summed E-state index contributed by atoms with van der Waals surface area (Å²) in [6, 6.07) is 3.20. The second kappa shape index (κ2) is 7.39. The average molecular weight is 328 g/mol. The van der Waals surface area contributed by atoms with Gasteiger partial charge in [-0.05, 0) is 30.7 Å². The Morgan fingerprint density at radius 2 is 2.18 bits per heavy atom. The van der Waals surface area contributed by atoms with Gasteiger partial charge >= 0.3 is 0 Å². The number of hydrogen-bond donors (Lipinski definition) is 2. The van der Waals surface area contributed by atoms with Gasteiger partial charge < -0.3 is 9.84 Å². The highest BCUT2D eigenvalue weighted by molar-refractivity contribution is 7.89. The Bertz CT molecular complexity index is 568. The smallest absolute Gasteiger partial charge is 0.212 e. The zero-order valence-electron chi connectivity index (χ0n) is 13.0. The molecule has 1 saturated carbocycles. The predicted molar refractivity (Wildman–Crippen MR) is 84.1 cm³/mol. The molecule has 0 radical (unpaired) electrons. The van der Waals surface area contributed by atoms with Crippen molar-refractivity contribution in [3.8, 4) is 5.88 Å². The fourth-order valence-electron chi connectivity index (χ4n) is 2.62. The van der Waals surface area contributed by atoms with E-state index in [0.29, 0.717) is 25.1 Å². The van der Waals surface area contributed by atoms with Crippen LogP contribution >= 0.6 is 0 Å². The molecule has 2 N–H and O–H groups in total. The number of ether oxygens (including phenoxy) is 1. The molecule has 0 spiro atoms. The molecule has 1 aromatic heterocycles. The lowest BCUT2D eigenvalue weighted by atomic mass is 9.76. The van der Waals surface area contributed by atoms with Crippen LogP contribution in [0, 0.1) is 5.92 Å². The molecule has 0 bridgehead atoms. The molecule has 1 aromatic rings. The van der Waals surface area contributed by atoms with Gasteiger partial charge in [0.15, 0.2) is 0 Å². The Hall–Kier alpha value is -1.18. The maximum atomic E-state index is 12.2. The van der Waals surface area contributed by atoms with E-state index in [1.807, 2.05) is 13.0 Å². The van der Waals surface area contributed by atoms with Gasteiger partial charge in [0, 0.05) is 12.3 Å². The standard InChI is InChI=1S/C15H24N2O4S/c1-3-4-7-22(19,20)17-15(12-8-13(18)9-12)11-5-6-14(21-2)16-10-11/h5-6,10,12-13,15,17-18H,3-4,7-9H2,1-2H3. The summed E-state index contributed by atoms with van der Waals surface area (Å²) in [6.45, 7) is 1.96. The number of rotatable bonds is 8. The van der Waals surface area contributed by atoms with E-state index in [4.69, 9.17) is 4.74 Å². The molecule has 6 nitrogen and oxygen atoms in total. The second-order valence-corrected chi connectivity index (χ2v) is 7.66. The van der Waals surface area contributed by atoms with E-state index >= 15 is 0 Å². The molecular formula is C15H24N2O4S. The van der Waals surface area contributed by atoms with Crippen LogP contribution in [0.3, 0.4) is 0 Å². The van der Waals surface area contributed by atoms with Crippen LogP contribution in [-0.2, 0) is 10.0 Å². The number of unbranched alkanes of at least 4 members (excludes halogenated alkanes) is 1. The Balaban J connectivity index is 2.15. The third-order valence-electron chi connectivity index (χ3n) is 4.02. The molecule has 22 heavy (non-hydrogen) atoms. The molecule has 2 rings (SSSR count). The van der Waals surface area contributed by atoms with Gasteiger partial charge in [0.25, 0.3) is 0 Å². The van der Waals surface area contributed by atoms with Gasteiger partial charge in [-0.2, -0.15) is 0 Å². The third-order valence-corrected chi connectivity index (χ3v) is 5.46. The van der Waals surface area contributed by atoms with Crippen molar-refractivity contribution in [1.29, 1.82) is 0 Å². The quantitative estimate of drug-likeness (QED) is 0.757. The number of methoxy groups -OCH3 is 1. The molecule has 1 aliphatic rings. The molecule has 1 fully saturated rings. The molecule has 7 heteroatoms. The highest BCUT2D eigenvalue weighted by Gasteiger charge is 2.36. The van der Waals surface area contributed by atoms with Crippen LogP contribution in [-0.4, -0.2) is 37.5 Å². The lowest BCUT2D eigenvalue weighted by Crippen LogP contribution is -2.42. The molecule has 0 saturated heterocycles. The minimum atomic E-state index is -3.34. The molecule has 1 aliphatic carbocycles. The fraction of sp³-hybridized carbons (Fsp3) is 0.667. The molecule has 124 valence electrons. The summed E-state index contributed by atoms with van der Waals surface area (Å²) in [5.41, 5.74) is 0.803. The molecule has 1 unspecified atom stereocenters. The van der Waals surface area contributed by atoms with Gasteiger partial charge in [-0.15, -0.1) is 0 Å². The minimum absolute atomic E-state index is 0.0987. The first-order valence-corrected chi connectivity index (χ1v) is 9.28. The van der Waals surface area contributed by atoms with Crippen molar-refractivity contribution in [1.82, 2.24) is 9.71 Å². The van der Waals surface area contributed by atoms with Gasteiger partial charge in [0.05, 0.1) is 25.0 Å². The van der Waals surface area contributed by atoms with Gasteiger partial charge in [-0.25, -0.2) is 18.1 Å². The summed E-state index contributed by atoms with van der Waals surface area (Å²) in [6.07, 6.45) is 3.98. The first-order chi connectivity index (χ1) is 10.4. The van der Waals surface area contributed by atoms with Crippen LogP contribution in [0.25, 0.3) is 0 Å². The first kappa shape index (κ1) is 17.2. The van der Waals surface area contributed by atoms with E-state index in [2.05, 4.69) is 9.71 Å². The van der Waals surface area contributed by atoms with Crippen molar-refractivity contribution in [2.24, 2.45) is 5.92 Å². The number of hydrogen-bond acceptors (Lipinski definition) is 5. The zero-order chi connectivity index (χ0) is 16.2. The lowest BCUT2D eigenvalue weighted by Gasteiger charge is -2.38. The predicted octanol–water partition coefficient (Wildman–Crippen LogP) is 1.62. The summed E-state index contributed by atoms with van der Waals surface area (Å²) in [4.78, 5) is 4.15. The Labute approximate surface area is 132 Å². The van der Waals surface area contributed by atoms with Crippen molar-refractivity contribution < 1.29 is 18.3 Å². The van der Waals surface area contributed by atoms with Crippen molar-refractivity contribution >= 4 is 10.0 Å². The fourth-order valence-corrected chi connectivity index (χ4v) is 4.12. The minimum Gasteiger partial charge on any atom is -0.481 e. The number of nitrogens with one attached hydrogen (secondary N) is 1. The summed E-state index contributed by atoms with van der Waals surface area (Å²) >= 11 is 0. The molecule has 0 aromatic carbocycles. The van der Waals surface area contributed by atoms with E-state index < -0.39 is 10.0 Å². The number of sulfonamides is 1. The largest absolute Gasteiger partial charge is 0.481 e. The Morgan fingerprint density at radius 3 is 2.68 bits per heavy atom. The van der Waals surface area contributed by atoms with Gasteiger partial charge in [0.1, 0.15) is 0 Å². The summed E-state index contributed by atoms with van der Waals surface area (Å²) in [7, 11) is -1.80. The highest BCUT2D eigenvalue weighted by atomic mass is 32.2. The summed E-state index contributed by atoms with van der Waals surface area (Å²) in [5.74, 6) is 0.713. The summed E-state index contributed by atoms with van der Waals surface area (Å²) < 4.78 is 32.2. The average Bonchev–Trinajstić information content (AvgIpc) is 2.48. The number of pyridine rings is 1. The van der Waals surface area contributed by atoms with E-state index in [0.717, 1.165) is 12.0 Å². The van der Waals surface area contributed by atoms with Crippen molar-refractivity contribution in [3.05, 3.63) is 23.9 Å². The first-order valence-electron chi connectivity index (χ1n) is 7.63. The molecule has 1 heterocycles. The zero-order valence-corrected chi connectivity index (χ0v) is 13.8. The molecule has 1 atom stereocenters. The van der Waals surface area contributed by atoms with Crippen LogP contribution in [0.2, 0.25) is 0 Å². The van der Waals surface area contributed by atoms with Gasteiger partial charge in [0.2, 0.25) is 15.9 Å². The number of aromatic nitrogens is 1. The highest BCUT2D eigenvalue weighted by Crippen LogP contribution is 2.38. The lowest BCUT2D eigenvalue weighted by molar-refractivity contribution is 0.0279. The SMILES string of the molecule is CCCCS(=O)(=O)NC(c1ccc(OC)nc1)C1CC(O)C1. The Kier molecular flexibility index (Phi) is 5.77. The maximum absolute atomic E-state index is 12.2. The van der Waals surface area contributed by atoms with Gasteiger partial charge in [-0.1, -0.05) is 19.4 Å². The molecule has 0 amide bonds. The van der Waals surface area contributed by atoms with E-state index in [9.17, 15) is 13.5 Å². The van der Waals surface area contributed by atoms with Crippen LogP contribution in [0.15, 0.2) is 18.3 Å². The number of aliphatic hydroxyl groups is 1. The molecule has 0 aliphatic heterocycles. The summed E-state index contributed by atoms with van der Waals surface area (Å²) in [5, 5.41) is 9.52. The van der Waals surface area contributed by atoms with Crippen molar-refractivity contribution in [3.63, 3.8) is 0 Å². The number of aliphatic hydroxyl groups excluding tert-OH is 1. The van der Waals surface area contributed by atoms with E-state index in [1.54, 1.807) is 12.3 Å².